The standard InChI is InChI=1S/C59H106O5/c1-4-7-10-13-16-19-22-24-26-28-29-30-32-34-36-39-42-45-48-51-54-62-55-57(64-59(61)53-50-47-44-41-37-21-18-15-12-9-6-3)56-63-58(60)52-49-46-43-40-38-35-33-31-27-25-23-20-17-14-11-8-5-2/h7,10,16,19,24-27,29-30,57H,4-6,8-9,11-15,17-18,20-23,28,31-56H2,1-3H3/b10-7-,19-16-,26-24-,27-25-,30-29-. The molecule has 5 nitrogen and oxygen atoms in total. The van der Waals surface area contributed by atoms with Gasteiger partial charge in [-0.1, -0.05) is 242 Å². The first kappa shape index (κ1) is 61.6. The van der Waals surface area contributed by atoms with Crippen LogP contribution >= 0.6 is 0 Å². The summed E-state index contributed by atoms with van der Waals surface area (Å²) >= 11 is 0. The normalized spacial score (nSPS) is 12.6. The van der Waals surface area contributed by atoms with Crippen LogP contribution in [-0.4, -0.2) is 37.9 Å². The van der Waals surface area contributed by atoms with Gasteiger partial charge in [-0.25, -0.2) is 0 Å². The van der Waals surface area contributed by atoms with Crippen molar-refractivity contribution in [1.29, 1.82) is 0 Å². The largest absolute Gasteiger partial charge is 0.462 e. The Morgan fingerprint density at radius 1 is 0.359 bits per heavy atom. The molecule has 0 aliphatic rings. The summed E-state index contributed by atoms with van der Waals surface area (Å²) in [7, 11) is 0. The lowest BCUT2D eigenvalue weighted by Gasteiger charge is -2.18. The molecule has 1 atom stereocenters. The van der Waals surface area contributed by atoms with Crippen LogP contribution in [0.25, 0.3) is 0 Å². The molecule has 0 bridgehead atoms. The van der Waals surface area contributed by atoms with Crippen molar-refractivity contribution >= 4 is 11.9 Å². The SMILES string of the molecule is CC/C=C\C/C=C\C/C=C\C/C=C\CCCCCCCCCOCC(COC(=O)CCCCCCCCC/C=C\CCCCCCCC)OC(=O)CCCCCCCCCCCCC. The van der Waals surface area contributed by atoms with Crippen molar-refractivity contribution in [3.63, 3.8) is 0 Å². The third kappa shape index (κ3) is 52.2. The summed E-state index contributed by atoms with van der Waals surface area (Å²) in [4.78, 5) is 25.4. The number of ether oxygens (including phenoxy) is 3. The van der Waals surface area contributed by atoms with E-state index in [0.717, 1.165) is 64.2 Å². The molecule has 0 aliphatic carbocycles. The van der Waals surface area contributed by atoms with Gasteiger partial charge in [0, 0.05) is 19.4 Å². The number of rotatable bonds is 51. The molecule has 0 aromatic heterocycles. The molecule has 372 valence electrons. The monoisotopic (exact) mass is 895 g/mol. The molecule has 0 amide bonds. The van der Waals surface area contributed by atoms with E-state index in [-0.39, 0.29) is 25.2 Å². The van der Waals surface area contributed by atoms with E-state index in [1.165, 1.54) is 180 Å². The van der Waals surface area contributed by atoms with Gasteiger partial charge in [0.15, 0.2) is 6.10 Å². The maximum absolute atomic E-state index is 12.8. The summed E-state index contributed by atoms with van der Waals surface area (Å²) in [6.45, 7) is 7.71. The average Bonchev–Trinajstić information content (AvgIpc) is 3.30. The Hall–Kier alpha value is -2.40. The zero-order valence-corrected chi connectivity index (χ0v) is 42.8. The average molecular weight is 895 g/mol. The van der Waals surface area contributed by atoms with Gasteiger partial charge in [-0.15, -0.1) is 0 Å². The van der Waals surface area contributed by atoms with Crippen LogP contribution in [0.3, 0.4) is 0 Å². The fraction of sp³-hybridized carbons (Fsp3) is 0.797. The third-order valence-corrected chi connectivity index (χ3v) is 12.0. The van der Waals surface area contributed by atoms with Crippen molar-refractivity contribution in [2.45, 2.75) is 284 Å². The van der Waals surface area contributed by atoms with E-state index in [0.29, 0.717) is 19.4 Å². The van der Waals surface area contributed by atoms with E-state index in [1.54, 1.807) is 0 Å². The topological polar surface area (TPSA) is 61.8 Å². The van der Waals surface area contributed by atoms with Crippen LogP contribution in [0.5, 0.6) is 0 Å². The molecule has 5 heteroatoms. The van der Waals surface area contributed by atoms with Crippen LogP contribution in [0, 0.1) is 0 Å². The molecule has 0 heterocycles. The predicted octanol–water partition coefficient (Wildman–Crippen LogP) is 18.9. The number of carbonyl (C=O) groups excluding carboxylic acids is 2. The molecule has 1 unspecified atom stereocenters. The van der Waals surface area contributed by atoms with Gasteiger partial charge in [-0.2, -0.15) is 0 Å². The molecule has 0 rings (SSSR count). The zero-order chi connectivity index (χ0) is 46.3. The smallest absolute Gasteiger partial charge is 0.306 e. The fourth-order valence-electron chi connectivity index (χ4n) is 7.91. The highest BCUT2D eigenvalue weighted by Gasteiger charge is 2.17. The van der Waals surface area contributed by atoms with E-state index in [1.807, 2.05) is 0 Å². The molecule has 0 aromatic carbocycles. The summed E-state index contributed by atoms with van der Waals surface area (Å²) in [5.74, 6) is -0.399. The van der Waals surface area contributed by atoms with Gasteiger partial charge >= 0.3 is 11.9 Å². The second-order valence-electron chi connectivity index (χ2n) is 18.5. The molecule has 64 heavy (non-hydrogen) atoms. The lowest BCUT2D eigenvalue weighted by Crippen LogP contribution is -2.30. The van der Waals surface area contributed by atoms with Gasteiger partial charge < -0.3 is 14.2 Å². The lowest BCUT2D eigenvalue weighted by molar-refractivity contribution is -0.163. The second kappa shape index (κ2) is 54.9. The molecule has 0 N–H and O–H groups in total. The van der Waals surface area contributed by atoms with Crippen LogP contribution < -0.4 is 0 Å². The molecule has 0 spiro atoms. The molecule has 0 saturated carbocycles. The van der Waals surface area contributed by atoms with Crippen molar-refractivity contribution < 1.29 is 23.8 Å². The Labute approximate surface area is 398 Å². The fourth-order valence-corrected chi connectivity index (χ4v) is 7.91. The summed E-state index contributed by atoms with van der Waals surface area (Å²) < 4.78 is 17.4. The number of carbonyl (C=O) groups is 2. The Bertz CT molecular complexity index is 1100. The van der Waals surface area contributed by atoms with Crippen molar-refractivity contribution in [1.82, 2.24) is 0 Å². The highest BCUT2D eigenvalue weighted by Crippen LogP contribution is 2.15. The quantitative estimate of drug-likeness (QED) is 0.0346. The first-order chi connectivity index (χ1) is 31.6. The number of hydrogen-bond acceptors (Lipinski definition) is 5. The summed E-state index contributed by atoms with van der Waals surface area (Å²) in [5.41, 5.74) is 0. The minimum atomic E-state index is -0.542. The maximum Gasteiger partial charge on any atom is 0.306 e. The van der Waals surface area contributed by atoms with Crippen molar-refractivity contribution in [2.75, 3.05) is 19.8 Å². The maximum atomic E-state index is 12.8. The number of esters is 2. The molecular weight excluding hydrogens is 789 g/mol. The summed E-state index contributed by atoms with van der Waals surface area (Å²) in [5, 5.41) is 0. The minimum absolute atomic E-state index is 0.0805. The van der Waals surface area contributed by atoms with Crippen LogP contribution in [-0.2, 0) is 23.8 Å². The molecule has 0 aromatic rings. The molecule has 0 fully saturated rings. The van der Waals surface area contributed by atoms with Gasteiger partial charge in [0.1, 0.15) is 6.61 Å². The summed E-state index contributed by atoms with van der Waals surface area (Å²) in [6.07, 6.45) is 69.5. The van der Waals surface area contributed by atoms with E-state index in [2.05, 4.69) is 81.5 Å². The second-order valence-corrected chi connectivity index (χ2v) is 18.5. The lowest BCUT2D eigenvalue weighted by atomic mass is 10.1. The van der Waals surface area contributed by atoms with Crippen LogP contribution in [0.4, 0.5) is 0 Å². The van der Waals surface area contributed by atoms with E-state index < -0.39 is 6.10 Å². The Morgan fingerprint density at radius 3 is 1.14 bits per heavy atom. The van der Waals surface area contributed by atoms with Gasteiger partial charge in [0.25, 0.3) is 0 Å². The number of allylic oxidation sites excluding steroid dienone is 10. The van der Waals surface area contributed by atoms with E-state index in [4.69, 9.17) is 14.2 Å². The first-order valence-electron chi connectivity index (χ1n) is 27.8. The van der Waals surface area contributed by atoms with Crippen molar-refractivity contribution in [3.8, 4) is 0 Å². The van der Waals surface area contributed by atoms with Crippen LogP contribution in [0.1, 0.15) is 278 Å². The molecular formula is C59H106O5. The number of unbranched alkanes of at least 4 members (excludes halogenated alkanes) is 30. The predicted molar refractivity (Wildman–Crippen MR) is 279 cm³/mol. The van der Waals surface area contributed by atoms with Crippen LogP contribution in [0.2, 0.25) is 0 Å². The van der Waals surface area contributed by atoms with Crippen molar-refractivity contribution in [2.24, 2.45) is 0 Å². The van der Waals surface area contributed by atoms with Crippen LogP contribution in [0.15, 0.2) is 60.8 Å². The third-order valence-electron chi connectivity index (χ3n) is 12.0. The van der Waals surface area contributed by atoms with Gasteiger partial charge in [0.2, 0.25) is 0 Å². The zero-order valence-electron chi connectivity index (χ0n) is 42.8. The summed E-state index contributed by atoms with van der Waals surface area (Å²) in [6, 6.07) is 0. The van der Waals surface area contributed by atoms with Gasteiger partial charge in [0.05, 0.1) is 6.61 Å². The Morgan fingerprint density at radius 2 is 0.703 bits per heavy atom. The Balaban J connectivity index is 4.23. The molecule has 0 saturated heterocycles. The Kier molecular flexibility index (Phi) is 52.9. The van der Waals surface area contributed by atoms with Gasteiger partial charge in [-0.05, 0) is 83.5 Å². The number of hydrogen-bond donors (Lipinski definition) is 0. The molecule has 0 radical (unpaired) electrons. The first-order valence-corrected chi connectivity index (χ1v) is 27.8. The highest BCUT2D eigenvalue weighted by molar-refractivity contribution is 5.70. The van der Waals surface area contributed by atoms with Gasteiger partial charge in [-0.3, -0.25) is 9.59 Å². The highest BCUT2D eigenvalue weighted by atomic mass is 16.6. The van der Waals surface area contributed by atoms with E-state index >= 15 is 0 Å². The molecule has 0 aliphatic heterocycles. The van der Waals surface area contributed by atoms with Crippen molar-refractivity contribution in [3.05, 3.63) is 60.8 Å². The minimum Gasteiger partial charge on any atom is -0.462 e. The van der Waals surface area contributed by atoms with E-state index in [9.17, 15) is 9.59 Å².